The van der Waals surface area contributed by atoms with E-state index < -0.39 is 11.8 Å². The minimum Gasteiger partial charge on any atom is -0.545 e. The fourth-order valence-electron chi connectivity index (χ4n) is 1.24. The molecule has 1 aromatic carbocycles. The van der Waals surface area contributed by atoms with Gasteiger partial charge in [0.1, 0.15) is 11.5 Å². The van der Waals surface area contributed by atoms with Gasteiger partial charge in [-0.1, -0.05) is 0 Å². The quantitative estimate of drug-likeness (QED) is 0.538. The lowest BCUT2D eigenvalue weighted by Crippen LogP contribution is -2.19. The lowest BCUT2D eigenvalue weighted by molar-refractivity contribution is -0.297. The number of hydrogen-bond acceptors (Lipinski definition) is 5. The highest BCUT2D eigenvalue weighted by molar-refractivity contribution is 6.08. The molecule has 0 heterocycles. The van der Waals surface area contributed by atoms with Gasteiger partial charge < -0.3 is 19.4 Å². The van der Waals surface area contributed by atoms with Crippen LogP contribution >= 0.6 is 0 Å². The Morgan fingerprint density at radius 2 is 1.88 bits per heavy atom. The Morgan fingerprint density at radius 1 is 1.18 bits per heavy atom. The van der Waals surface area contributed by atoms with E-state index in [0.29, 0.717) is 17.6 Å². The predicted molar refractivity (Wildman–Crippen MR) is 58.0 cm³/mol. The van der Waals surface area contributed by atoms with Gasteiger partial charge in [0, 0.05) is 6.07 Å². The molecule has 0 saturated carbocycles. The van der Waals surface area contributed by atoms with Crippen LogP contribution in [-0.2, 0) is 4.79 Å². The summed E-state index contributed by atoms with van der Waals surface area (Å²) in [7, 11) is 2.90. The highest BCUT2D eigenvalue weighted by atomic mass is 16.5. The Kier molecular flexibility index (Phi) is 4.28. The van der Waals surface area contributed by atoms with Gasteiger partial charge in [-0.3, -0.25) is 4.79 Å². The second-order valence-electron chi connectivity index (χ2n) is 3.08. The van der Waals surface area contributed by atoms with Crippen LogP contribution < -0.4 is 14.6 Å². The number of aliphatic carboxylic acids is 1. The largest absolute Gasteiger partial charge is 0.545 e. The molecule has 5 heteroatoms. The number of benzene rings is 1. The third-order valence-electron chi connectivity index (χ3n) is 2.04. The van der Waals surface area contributed by atoms with Gasteiger partial charge in [0.15, 0.2) is 5.78 Å². The van der Waals surface area contributed by atoms with Gasteiger partial charge in [0.25, 0.3) is 0 Å². The molecular weight excluding hydrogens is 224 g/mol. The topological polar surface area (TPSA) is 75.7 Å². The SMILES string of the molecule is COc1ccc(C(=O)/C=C/C(=O)[O-])c(OC)c1. The number of methoxy groups -OCH3 is 2. The number of carbonyl (C=O) groups excluding carboxylic acids is 2. The van der Waals surface area contributed by atoms with Crippen molar-refractivity contribution in [3.8, 4) is 11.5 Å². The maximum atomic E-state index is 11.6. The number of rotatable bonds is 5. The van der Waals surface area contributed by atoms with Gasteiger partial charge in [-0.25, -0.2) is 0 Å². The first-order chi connectivity index (χ1) is 8.08. The third-order valence-corrected chi connectivity index (χ3v) is 2.04. The monoisotopic (exact) mass is 235 g/mol. The Bertz CT molecular complexity index is 462. The van der Waals surface area contributed by atoms with E-state index >= 15 is 0 Å². The zero-order chi connectivity index (χ0) is 12.8. The van der Waals surface area contributed by atoms with Crippen molar-refractivity contribution in [1.82, 2.24) is 0 Å². The molecule has 5 nitrogen and oxygen atoms in total. The first-order valence-electron chi connectivity index (χ1n) is 4.74. The lowest BCUT2D eigenvalue weighted by atomic mass is 10.1. The molecule has 0 aliphatic carbocycles. The summed E-state index contributed by atoms with van der Waals surface area (Å²) in [4.78, 5) is 21.8. The molecule has 0 saturated heterocycles. The average molecular weight is 235 g/mol. The maximum absolute atomic E-state index is 11.6. The molecule has 0 aliphatic rings. The van der Waals surface area contributed by atoms with Crippen molar-refractivity contribution in [2.45, 2.75) is 0 Å². The van der Waals surface area contributed by atoms with Crippen molar-refractivity contribution in [2.75, 3.05) is 14.2 Å². The molecule has 0 fully saturated rings. The van der Waals surface area contributed by atoms with Gasteiger partial charge in [-0.15, -0.1) is 0 Å². The molecular formula is C12H11O5-. The highest BCUT2D eigenvalue weighted by Gasteiger charge is 2.10. The van der Waals surface area contributed by atoms with Gasteiger partial charge >= 0.3 is 0 Å². The molecule has 1 rings (SSSR count). The minimum atomic E-state index is -1.43. The molecule has 17 heavy (non-hydrogen) atoms. The zero-order valence-electron chi connectivity index (χ0n) is 9.43. The van der Waals surface area contributed by atoms with Crippen LogP contribution in [0.5, 0.6) is 11.5 Å². The molecule has 0 aliphatic heterocycles. The predicted octanol–water partition coefficient (Wildman–Crippen LogP) is 0.193. The number of carboxylic acids is 1. The molecule has 1 aromatic rings. The molecule has 90 valence electrons. The van der Waals surface area contributed by atoms with Gasteiger partial charge in [-0.2, -0.15) is 0 Å². The molecule has 0 unspecified atom stereocenters. The fourth-order valence-corrected chi connectivity index (χ4v) is 1.24. The summed E-state index contributed by atoms with van der Waals surface area (Å²) in [5.41, 5.74) is 0.255. The van der Waals surface area contributed by atoms with Gasteiger partial charge in [0.2, 0.25) is 0 Å². The van der Waals surface area contributed by atoms with Crippen LogP contribution in [0.3, 0.4) is 0 Å². The van der Waals surface area contributed by atoms with E-state index in [1.54, 1.807) is 12.1 Å². The first kappa shape index (κ1) is 12.8. The molecule has 0 N–H and O–H groups in total. The van der Waals surface area contributed by atoms with E-state index in [2.05, 4.69) is 0 Å². The van der Waals surface area contributed by atoms with E-state index in [-0.39, 0.29) is 5.56 Å². The summed E-state index contributed by atoms with van der Waals surface area (Å²) >= 11 is 0. The summed E-state index contributed by atoms with van der Waals surface area (Å²) in [6, 6.07) is 4.63. The number of hydrogen-bond donors (Lipinski definition) is 0. The van der Waals surface area contributed by atoms with Crippen molar-refractivity contribution in [3.05, 3.63) is 35.9 Å². The number of ether oxygens (including phenoxy) is 2. The van der Waals surface area contributed by atoms with Gasteiger partial charge in [-0.05, 0) is 24.3 Å². The number of carbonyl (C=O) groups is 2. The van der Waals surface area contributed by atoms with E-state index in [9.17, 15) is 14.7 Å². The molecule has 0 aromatic heterocycles. The molecule has 0 atom stereocenters. The molecule has 0 bridgehead atoms. The smallest absolute Gasteiger partial charge is 0.189 e. The molecule has 0 radical (unpaired) electrons. The van der Waals surface area contributed by atoms with Crippen LogP contribution in [0.15, 0.2) is 30.4 Å². The van der Waals surface area contributed by atoms with Gasteiger partial charge in [0.05, 0.1) is 25.8 Å². The second kappa shape index (κ2) is 5.69. The van der Waals surface area contributed by atoms with E-state index in [4.69, 9.17) is 9.47 Å². The average Bonchev–Trinajstić information content (AvgIpc) is 2.34. The Hall–Kier alpha value is -2.30. The summed E-state index contributed by atoms with van der Waals surface area (Å²) < 4.78 is 9.99. The maximum Gasteiger partial charge on any atom is 0.189 e. The number of ketones is 1. The Labute approximate surface area is 98.3 Å². The third kappa shape index (κ3) is 3.34. The Morgan fingerprint density at radius 3 is 2.41 bits per heavy atom. The van der Waals surface area contributed by atoms with Crippen molar-refractivity contribution in [1.29, 1.82) is 0 Å². The Balaban J connectivity index is 3.05. The van der Waals surface area contributed by atoms with Crippen LogP contribution in [0.4, 0.5) is 0 Å². The van der Waals surface area contributed by atoms with Crippen molar-refractivity contribution < 1.29 is 24.2 Å². The van der Waals surface area contributed by atoms with Crippen molar-refractivity contribution in [3.63, 3.8) is 0 Å². The molecule has 0 spiro atoms. The van der Waals surface area contributed by atoms with Crippen LogP contribution in [0.2, 0.25) is 0 Å². The van der Waals surface area contributed by atoms with Crippen molar-refractivity contribution in [2.24, 2.45) is 0 Å². The van der Waals surface area contributed by atoms with E-state index in [1.807, 2.05) is 0 Å². The lowest BCUT2D eigenvalue weighted by Gasteiger charge is -2.07. The van der Waals surface area contributed by atoms with Crippen LogP contribution in [0.25, 0.3) is 0 Å². The van der Waals surface area contributed by atoms with E-state index in [1.165, 1.54) is 20.3 Å². The fraction of sp³-hybridized carbons (Fsp3) is 0.167. The molecule has 0 amide bonds. The van der Waals surface area contributed by atoms with Crippen LogP contribution in [-0.4, -0.2) is 26.0 Å². The summed E-state index contributed by atoms with van der Waals surface area (Å²) in [6.07, 6.45) is 1.59. The first-order valence-corrected chi connectivity index (χ1v) is 4.74. The number of carboxylic acid groups (broad SMARTS) is 1. The van der Waals surface area contributed by atoms with Crippen molar-refractivity contribution >= 4 is 11.8 Å². The summed E-state index contributed by atoms with van der Waals surface area (Å²) in [5, 5.41) is 10.2. The van der Waals surface area contributed by atoms with E-state index in [0.717, 1.165) is 6.08 Å². The highest BCUT2D eigenvalue weighted by Crippen LogP contribution is 2.25. The van der Waals surface area contributed by atoms with Crippen LogP contribution in [0, 0.1) is 0 Å². The summed E-state index contributed by atoms with van der Waals surface area (Å²) in [5.74, 6) is -1.04. The number of allylic oxidation sites excluding steroid dienone is 1. The zero-order valence-corrected chi connectivity index (χ0v) is 9.43. The second-order valence-corrected chi connectivity index (χ2v) is 3.08. The minimum absolute atomic E-state index is 0.255. The summed E-state index contributed by atoms with van der Waals surface area (Å²) in [6.45, 7) is 0. The standard InChI is InChI=1S/C12H12O5/c1-16-8-3-4-9(11(7-8)17-2)10(13)5-6-12(14)15/h3-7H,1-2H3,(H,14,15)/p-1/b6-5+. The normalized spacial score (nSPS) is 10.2. The van der Waals surface area contributed by atoms with Crippen LogP contribution in [0.1, 0.15) is 10.4 Å².